The Kier molecular flexibility index (Phi) is 4.21. The van der Waals surface area contributed by atoms with Gasteiger partial charge < -0.3 is 5.73 Å². The fraction of sp³-hybridized carbons (Fsp3) is 0.412. The fourth-order valence-corrected chi connectivity index (χ4v) is 4.62. The molecule has 1 saturated heterocycles. The highest BCUT2D eigenvalue weighted by atomic mass is 32.2. The summed E-state index contributed by atoms with van der Waals surface area (Å²) in [6.45, 7) is 3.11. The van der Waals surface area contributed by atoms with Crippen LogP contribution in [0.25, 0.3) is 10.8 Å². The van der Waals surface area contributed by atoms with Gasteiger partial charge in [0.2, 0.25) is 10.0 Å². The van der Waals surface area contributed by atoms with E-state index in [-0.39, 0.29) is 6.04 Å². The van der Waals surface area contributed by atoms with Crippen LogP contribution in [0.15, 0.2) is 47.4 Å². The monoisotopic (exact) mass is 318 g/mol. The Labute approximate surface area is 132 Å². The van der Waals surface area contributed by atoms with Gasteiger partial charge in [-0.15, -0.1) is 0 Å². The predicted octanol–water partition coefficient (Wildman–Crippen LogP) is 2.59. The van der Waals surface area contributed by atoms with E-state index in [2.05, 4.69) is 0 Å². The van der Waals surface area contributed by atoms with Crippen molar-refractivity contribution >= 4 is 20.8 Å². The smallest absolute Gasteiger partial charge is 0.243 e. The molecule has 1 atom stereocenters. The standard InChI is InChI=1S/C17H22N2O2S/c1-13(18)14-8-10-19(11-9-14)22(20,21)17-7-6-15-4-2-3-5-16(15)12-17/h2-7,12-14H,8-11,18H2,1H3. The quantitative estimate of drug-likeness (QED) is 0.946. The van der Waals surface area contributed by atoms with E-state index in [4.69, 9.17) is 5.73 Å². The highest BCUT2D eigenvalue weighted by molar-refractivity contribution is 7.89. The third kappa shape index (κ3) is 2.89. The summed E-state index contributed by atoms with van der Waals surface area (Å²) in [6, 6.07) is 13.3. The van der Waals surface area contributed by atoms with Crippen LogP contribution >= 0.6 is 0 Å². The number of hydrogen-bond donors (Lipinski definition) is 1. The van der Waals surface area contributed by atoms with Crippen LogP contribution in [0.4, 0.5) is 0 Å². The van der Waals surface area contributed by atoms with E-state index in [1.165, 1.54) is 0 Å². The Bertz CT molecular complexity index is 763. The molecule has 2 aromatic carbocycles. The second-order valence-corrected chi connectivity index (χ2v) is 8.05. The van der Waals surface area contributed by atoms with E-state index in [9.17, 15) is 8.42 Å². The van der Waals surface area contributed by atoms with Crippen molar-refractivity contribution in [3.63, 3.8) is 0 Å². The Balaban J connectivity index is 1.86. The maximum atomic E-state index is 12.8. The van der Waals surface area contributed by atoms with Gasteiger partial charge in [-0.3, -0.25) is 0 Å². The Hall–Kier alpha value is -1.43. The molecule has 2 aromatic rings. The lowest BCUT2D eigenvalue weighted by atomic mass is 9.92. The van der Waals surface area contributed by atoms with Gasteiger partial charge >= 0.3 is 0 Å². The Morgan fingerprint density at radius 3 is 2.36 bits per heavy atom. The van der Waals surface area contributed by atoms with Gasteiger partial charge in [-0.2, -0.15) is 4.31 Å². The van der Waals surface area contributed by atoms with Crippen molar-refractivity contribution in [2.45, 2.75) is 30.7 Å². The van der Waals surface area contributed by atoms with Crippen LogP contribution < -0.4 is 5.73 Å². The van der Waals surface area contributed by atoms with Crippen molar-refractivity contribution in [2.75, 3.05) is 13.1 Å². The van der Waals surface area contributed by atoms with Crippen LogP contribution in [0.5, 0.6) is 0 Å². The molecule has 0 aromatic heterocycles. The molecule has 3 rings (SSSR count). The summed E-state index contributed by atoms with van der Waals surface area (Å²) in [6.07, 6.45) is 1.68. The zero-order valence-corrected chi connectivity index (χ0v) is 13.6. The average Bonchev–Trinajstić information content (AvgIpc) is 2.54. The van der Waals surface area contributed by atoms with E-state index >= 15 is 0 Å². The third-order valence-electron chi connectivity index (χ3n) is 4.60. The maximum Gasteiger partial charge on any atom is 0.243 e. The molecule has 118 valence electrons. The minimum atomic E-state index is -3.41. The molecule has 0 bridgehead atoms. The number of benzene rings is 2. The van der Waals surface area contributed by atoms with Gasteiger partial charge in [-0.05, 0) is 48.6 Å². The summed E-state index contributed by atoms with van der Waals surface area (Å²) in [5, 5.41) is 2.01. The second kappa shape index (κ2) is 5.99. The van der Waals surface area contributed by atoms with Crippen LogP contribution in [0.2, 0.25) is 0 Å². The van der Waals surface area contributed by atoms with Gasteiger partial charge in [0.15, 0.2) is 0 Å². The first-order valence-corrected chi connectivity index (χ1v) is 9.17. The van der Waals surface area contributed by atoms with E-state index in [1.807, 2.05) is 37.3 Å². The minimum absolute atomic E-state index is 0.130. The molecule has 1 aliphatic heterocycles. The van der Waals surface area contributed by atoms with Gasteiger partial charge in [0.1, 0.15) is 0 Å². The minimum Gasteiger partial charge on any atom is -0.328 e. The van der Waals surface area contributed by atoms with Crippen LogP contribution in [0, 0.1) is 5.92 Å². The molecular weight excluding hydrogens is 296 g/mol. The molecular formula is C17H22N2O2S. The van der Waals surface area contributed by atoms with E-state index in [0.29, 0.717) is 23.9 Å². The van der Waals surface area contributed by atoms with Crippen LogP contribution in [0.1, 0.15) is 19.8 Å². The van der Waals surface area contributed by atoms with Gasteiger partial charge in [0.25, 0.3) is 0 Å². The van der Waals surface area contributed by atoms with Crippen molar-refractivity contribution in [3.8, 4) is 0 Å². The number of rotatable bonds is 3. The summed E-state index contributed by atoms with van der Waals surface area (Å²) in [5.41, 5.74) is 5.93. The van der Waals surface area contributed by atoms with E-state index < -0.39 is 10.0 Å². The lowest BCUT2D eigenvalue weighted by Crippen LogP contribution is -2.42. The van der Waals surface area contributed by atoms with Gasteiger partial charge in [-0.25, -0.2) is 8.42 Å². The van der Waals surface area contributed by atoms with Crippen molar-refractivity contribution < 1.29 is 8.42 Å². The van der Waals surface area contributed by atoms with Crippen LogP contribution in [-0.2, 0) is 10.0 Å². The molecule has 0 spiro atoms. The molecule has 0 saturated carbocycles. The van der Waals surface area contributed by atoms with Crippen LogP contribution in [-0.4, -0.2) is 31.9 Å². The number of sulfonamides is 1. The van der Waals surface area contributed by atoms with Crippen molar-refractivity contribution in [2.24, 2.45) is 11.7 Å². The van der Waals surface area contributed by atoms with Crippen LogP contribution in [0.3, 0.4) is 0 Å². The molecule has 1 aliphatic rings. The summed E-state index contributed by atoms with van der Waals surface area (Å²) in [4.78, 5) is 0.380. The molecule has 1 heterocycles. The summed E-state index contributed by atoms with van der Waals surface area (Å²) >= 11 is 0. The van der Waals surface area contributed by atoms with Gasteiger partial charge in [0, 0.05) is 19.1 Å². The number of nitrogens with zero attached hydrogens (tertiary/aromatic N) is 1. The first-order chi connectivity index (χ1) is 10.5. The van der Waals surface area contributed by atoms with Gasteiger partial charge in [0.05, 0.1) is 4.90 Å². The highest BCUT2D eigenvalue weighted by Gasteiger charge is 2.30. The first kappa shape index (κ1) is 15.5. The normalized spacial score (nSPS) is 19.4. The van der Waals surface area contributed by atoms with Gasteiger partial charge in [-0.1, -0.05) is 30.3 Å². The lowest BCUT2D eigenvalue weighted by Gasteiger charge is -2.33. The molecule has 0 radical (unpaired) electrons. The lowest BCUT2D eigenvalue weighted by molar-refractivity contribution is 0.251. The Morgan fingerprint density at radius 2 is 1.73 bits per heavy atom. The van der Waals surface area contributed by atoms with Crippen molar-refractivity contribution in [3.05, 3.63) is 42.5 Å². The molecule has 0 amide bonds. The summed E-state index contributed by atoms with van der Waals surface area (Å²) in [5.74, 6) is 0.419. The maximum absolute atomic E-state index is 12.8. The second-order valence-electron chi connectivity index (χ2n) is 6.11. The zero-order chi connectivity index (χ0) is 15.7. The first-order valence-electron chi connectivity index (χ1n) is 7.73. The highest BCUT2D eigenvalue weighted by Crippen LogP contribution is 2.27. The topological polar surface area (TPSA) is 63.4 Å². The molecule has 0 aliphatic carbocycles. The predicted molar refractivity (Wildman–Crippen MR) is 89.1 cm³/mol. The molecule has 1 unspecified atom stereocenters. The molecule has 2 N–H and O–H groups in total. The number of hydrogen-bond acceptors (Lipinski definition) is 3. The average molecular weight is 318 g/mol. The largest absolute Gasteiger partial charge is 0.328 e. The van der Waals surface area contributed by atoms with Crippen molar-refractivity contribution in [1.29, 1.82) is 0 Å². The summed E-state index contributed by atoms with van der Waals surface area (Å²) in [7, 11) is -3.41. The summed E-state index contributed by atoms with van der Waals surface area (Å²) < 4.78 is 27.2. The fourth-order valence-electron chi connectivity index (χ4n) is 3.12. The molecule has 1 fully saturated rings. The molecule has 4 nitrogen and oxygen atoms in total. The third-order valence-corrected chi connectivity index (χ3v) is 6.50. The number of nitrogens with two attached hydrogens (primary N) is 1. The number of piperidine rings is 1. The van der Waals surface area contributed by atoms with Crippen molar-refractivity contribution in [1.82, 2.24) is 4.31 Å². The van der Waals surface area contributed by atoms with E-state index in [1.54, 1.807) is 16.4 Å². The molecule has 22 heavy (non-hydrogen) atoms. The molecule has 5 heteroatoms. The zero-order valence-electron chi connectivity index (χ0n) is 12.8. The van der Waals surface area contributed by atoms with E-state index in [0.717, 1.165) is 23.6 Å². The Morgan fingerprint density at radius 1 is 1.09 bits per heavy atom. The SMILES string of the molecule is CC(N)C1CCN(S(=O)(=O)c2ccc3ccccc3c2)CC1. The number of fused-ring (bicyclic) bond motifs is 1.